The van der Waals surface area contributed by atoms with Crippen molar-refractivity contribution in [3.05, 3.63) is 53.3 Å². The first-order valence-electron chi connectivity index (χ1n) is 10.4. The summed E-state index contributed by atoms with van der Waals surface area (Å²) in [4.78, 5) is 0. The number of hydrogen-bond acceptors (Lipinski definition) is 1. The van der Waals surface area contributed by atoms with Crippen LogP contribution in [0.3, 0.4) is 0 Å². The predicted molar refractivity (Wildman–Crippen MR) is 105 cm³/mol. The van der Waals surface area contributed by atoms with Gasteiger partial charge in [-0.05, 0) is 90.8 Å². The van der Waals surface area contributed by atoms with Crippen molar-refractivity contribution in [2.24, 2.45) is 11.8 Å². The highest BCUT2D eigenvalue weighted by atomic mass is 19.3. The van der Waals surface area contributed by atoms with E-state index in [0.717, 1.165) is 12.3 Å². The molecular formula is C24H27F3O. The summed E-state index contributed by atoms with van der Waals surface area (Å²) in [5.74, 6) is 1.88. The van der Waals surface area contributed by atoms with Gasteiger partial charge in [0.1, 0.15) is 11.6 Å². The second kappa shape index (κ2) is 8.18. The van der Waals surface area contributed by atoms with Gasteiger partial charge < -0.3 is 4.74 Å². The molecule has 0 heterocycles. The summed E-state index contributed by atoms with van der Waals surface area (Å²) in [5.41, 5.74) is 3.68. The maximum Gasteiger partial charge on any atom is 0.387 e. The van der Waals surface area contributed by atoms with Gasteiger partial charge in [0.05, 0.1) is 0 Å². The second-order valence-electron chi connectivity index (χ2n) is 8.31. The molecule has 3 unspecified atom stereocenters. The Morgan fingerprint density at radius 2 is 1.86 bits per heavy atom. The van der Waals surface area contributed by atoms with E-state index in [1.54, 1.807) is 18.2 Å². The Morgan fingerprint density at radius 3 is 2.57 bits per heavy atom. The molecule has 3 atom stereocenters. The van der Waals surface area contributed by atoms with Crippen molar-refractivity contribution in [1.82, 2.24) is 0 Å². The number of alkyl halides is 2. The summed E-state index contributed by atoms with van der Waals surface area (Å²) in [6.07, 6.45) is 8.45. The molecule has 0 aromatic heterocycles. The van der Waals surface area contributed by atoms with E-state index in [-0.39, 0.29) is 11.6 Å². The summed E-state index contributed by atoms with van der Waals surface area (Å²) in [5, 5.41) is 0. The van der Waals surface area contributed by atoms with Crippen molar-refractivity contribution in [2.45, 2.75) is 64.4 Å². The van der Waals surface area contributed by atoms with Crippen molar-refractivity contribution >= 4 is 0 Å². The largest absolute Gasteiger partial charge is 0.435 e. The van der Waals surface area contributed by atoms with E-state index in [1.165, 1.54) is 61.8 Å². The first-order valence-corrected chi connectivity index (χ1v) is 10.4. The highest BCUT2D eigenvalue weighted by Gasteiger charge is 2.35. The fourth-order valence-corrected chi connectivity index (χ4v) is 5.33. The van der Waals surface area contributed by atoms with Gasteiger partial charge in [0.25, 0.3) is 0 Å². The fourth-order valence-electron chi connectivity index (χ4n) is 5.33. The molecular weight excluding hydrogens is 361 g/mol. The average Bonchev–Trinajstić information content (AvgIpc) is 2.68. The SMILES string of the molecule is CCCC1CCC2c3cc(F)c(-c4ccc(OC(F)F)cc4)cc3CCC2C1. The minimum absolute atomic E-state index is 0.0869. The lowest BCUT2D eigenvalue weighted by Gasteiger charge is -2.41. The monoisotopic (exact) mass is 388 g/mol. The molecule has 2 aromatic carbocycles. The molecule has 4 heteroatoms. The van der Waals surface area contributed by atoms with Crippen LogP contribution in [0.25, 0.3) is 11.1 Å². The van der Waals surface area contributed by atoms with Gasteiger partial charge in [0.15, 0.2) is 0 Å². The number of aryl methyl sites for hydroxylation is 1. The zero-order chi connectivity index (χ0) is 19.7. The molecule has 2 aromatic rings. The van der Waals surface area contributed by atoms with Crippen LogP contribution in [0.5, 0.6) is 5.75 Å². The van der Waals surface area contributed by atoms with Gasteiger partial charge >= 0.3 is 6.61 Å². The van der Waals surface area contributed by atoms with Crippen molar-refractivity contribution in [3.8, 4) is 16.9 Å². The number of benzene rings is 2. The molecule has 1 fully saturated rings. The van der Waals surface area contributed by atoms with Crippen molar-refractivity contribution < 1.29 is 17.9 Å². The third-order valence-electron chi connectivity index (χ3n) is 6.59. The smallest absolute Gasteiger partial charge is 0.387 e. The lowest BCUT2D eigenvalue weighted by atomic mass is 9.64. The zero-order valence-electron chi connectivity index (χ0n) is 16.3. The number of rotatable bonds is 5. The van der Waals surface area contributed by atoms with Gasteiger partial charge in [0, 0.05) is 5.56 Å². The van der Waals surface area contributed by atoms with Crippen molar-refractivity contribution in [2.75, 3.05) is 0 Å². The normalized spacial score (nSPS) is 24.0. The predicted octanol–water partition coefficient (Wildman–Crippen LogP) is 7.34. The van der Waals surface area contributed by atoms with E-state index >= 15 is 0 Å². The molecule has 4 rings (SSSR count). The van der Waals surface area contributed by atoms with E-state index in [2.05, 4.69) is 11.7 Å². The van der Waals surface area contributed by atoms with Gasteiger partial charge in [-0.3, -0.25) is 0 Å². The molecule has 0 saturated heterocycles. The van der Waals surface area contributed by atoms with E-state index in [9.17, 15) is 13.2 Å². The molecule has 0 amide bonds. The Hall–Kier alpha value is -1.97. The highest BCUT2D eigenvalue weighted by molar-refractivity contribution is 5.67. The number of halogens is 3. The Bertz CT molecular complexity index is 815. The quantitative estimate of drug-likeness (QED) is 0.521. The Kier molecular flexibility index (Phi) is 5.65. The van der Waals surface area contributed by atoms with Crippen LogP contribution in [-0.2, 0) is 6.42 Å². The minimum atomic E-state index is -2.85. The Balaban J connectivity index is 1.57. The Morgan fingerprint density at radius 1 is 1.07 bits per heavy atom. The molecule has 0 N–H and O–H groups in total. The summed E-state index contributed by atoms with van der Waals surface area (Å²) >= 11 is 0. The van der Waals surface area contributed by atoms with Gasteiger partial charge in [-0.25, -0.2) is 4.39 Å². The first kappa shape index (κ1) is 19.4. The van der Waals surface area contributed by atoms with Crippen molar-refractivity contribution in [3.63, 3.8) is 0 Å². The molecule has 150 valence electrons. The van der Waals surface area contributed by atoms with Crippen LogP contribution in [0, 0.1) is 17.7 Å². The molecule has 2 aliphatic rings. The molecule has 1 nitrogen and oxygen atoms in total. The van der Waals surface area contributed by atoms with Gasteiger partial charge in [-0.1, -0.05) is 31.9 Å². The second-order valence-corrected chi connectivity index (χ2v) is 8.31. The maximum absolute atomic E-state index is 15.0. The van der Waals surface area contributed by atoms with Crippen molar-refractivity contribution in [1.29, 1.82) is 0 Å². The standard InChI is InChI=1S/C24H27F3O/c1-2-3-15-4-11-20-17(12-15)5-6-18-13-22(23(25)14-21(18)20)16-7-9-19(10-8-16)28-24(26)27/h7-10,13-15,17,20,24H,2-6,11-12H2,1H3. The third-order valence-corrected chi connectivity index (χ3v) is 6.59. The van der Waals surface area contributed by atoms with Crippen LogP contribution in [0.2, 0.25) is 0 Å². The third kappa shape index (κ3) is 3.92. The van der Waals surface area contributed by atoms with Crippen LogP contribution < -0.4 is 4.74 Å². The van der Waals surface area contributed by atoms with E-state index in [4.69, 9.17) is 0 Å². The zero-order valence-corrected chi connectivity index (χ0v) is 16.3. The number of ether oxygens (including phenoxy) is 1. The van der Waals surface area contributed by atoms with Gasteiger partial charge in [-0.15, -0.1) is 0 Å². The lowest BCUT2D eigenvalue weighted by Crippen LogP contribution is -2.28. The molecule has 1 saturated carbocycles. The van der Waals surface area contributed by atoms with Gasteiger partial charge in [0.2, 0.25) is 0 Å². The summed E-state index contributed by atoms with van der Waals surface area (Å²) < 4.78 is 44.0. The van der Waals surface area contributed by atoms with Gasteiger partial charge in [-0.2, -0.15) is 8.78 Å². The van der Waals surface area contributed by atoms with Crippen LogP contribution in [0.1, 0.15) is 62.5 Å². The molecule has 0 aliphatic heterocycles. The molecule has 0 bridgehead atoms. The average molecular weight is 388 g/mol. The molecule has 0 radical (unpaired) electrons. The van der Waals surface area contributed by atoms with E-state index in [0.29, 0.717) is 23.0 Å². The maximum atomic E-state index is 15.0. The topological polar surface area (TPSA) is 9.23 Å². The minimum Gasteiger partial charge on any atom is -0.435 e. The molecule has 2 aliphatic carbocycles. The number of fused-ring (bicyclic) bond motifs is 3. The first-order chi connectivity index (χ1) is 13.5. The fraction of sp³-hybridized carbons (Fsp3) is 0.500. The van der Waals surface area contributed by atoms with Crippen LogP contribution in [0.15, 0.2) is 36.4 Å². The Labute approximate surface area is 164 Å². The number of hydrogen-bond donors (Lipinski definition) is 0. The van der Waals surface area contributed by atoms with Crippen LogP contribution >= 0.6 is 0 Å². The summed E-state index contributed by atoms with van der Waals surface area (Å²) in [6.45, 7) is -0.600. The molecule has 0 spiro atoms. The summed E-state index contributed by atoms with van der Waals surface area (Å²) in [6, 6.07) is 9.93. The van der Waals surface area contributed by atoms with Crippen LogP contribution in [-0.4, -0.2) is 6.61 Å². The van der Waals surface area contributed by atoms with E-state index < -0.39 is 6.61 Å². The lowest BCUT2D eigenvalue weighted by molar-refractivity contribution is -0.0498. The summed E-state index contributed by atoms with van der Waals surface area (Å²) in [7, 11) is 0. The van der Waals surface area contributed by atoms with E-state index in [1.807, 2.05) is 6.07 Å². The highest BCUT2D eigenvalue weighted by Crippen LogP contribution is 2.48. The molecule has 28 heavy (non-hydrogen) atoms. The van der Waals surface area contributed by atoms with Crippen LogP contribution in [0.4, 0.5) is 13.2 Å².